The average Bonchev–Trinajstić information content (AvgIpc) is 2.67. The van der Waals surface area contributed by atoms with E-state index in [4.69, 9.17) is 0 Å². The molecule has 0 fully saturated rings. The van der Waals surface area contributed by atoms with Gasteiger partial charge in [-0.2, -0.15) is 0 Å². The Kier molecular flexibility index (Phi) is 5.53. The highest BCUT2D eigenvalue weighted by Crippen LogP contribution is 2.41. The van der Waals surface area contributed by atoms with E-state index < -0.39 is 17.7 Å². The van der Waals surface area contributed by atoms with E-state index in [9.17, 15) is 14.7 Å². The fourth-order valence-electron chi connectivity index (χ4n) is 3.12. The standard InChI is InChI=1S/C20H22BrN3O3/c1-3-11-22-18(25)20(27)16-12-14(21)7-10-17(16)23-19(26)24(20)15-8-5-13(4-2)6-9-15/h5-10,12,27H,3-4,11H2,1-2H3,(H,22,25)(H,23,26). The average molecular weight is 432 g/mol. The van der Waals surface area contributed by atoms with Crippen molar-refractivity contribution in [2.24, 2.45) is 0 Å². The van der Waals surface area contributed by atoms with Crippen LogP contribution in [0.5, 0.6) is 0 Å². The van der Waals surface area contributed by atoms with Crippen LogP contribution >= 0.6 is 15.9 Å². The molecule has 0 bridgehead atoms. The van der Waals surface area contributed by atoms with Crippen molar-refractivity contribution < 1.29 is 14.7 Å². The zero-order chi connectivity index (χ0) is 19.6. The first kappa shape index (κ1) is 19.4. The van der Waals surface area contributed by atoms with E-state index in [-0.39, 0.29) is 0 Å². The summed E-state index contributed by atoms with van der Waals surface area (Å²) >= 11 is 3.38. The fraction of sp³-hybridized carbons (Fsp3) is 0.300. The van der Waals surface area contributed by atoms with Gasteiger partial charge in [-0.15, -0.1) is 0 Å². The predicted molar refractivity (Wildman–Crippen MR) is 109 cm³/mol. The maximum Gasteiger partial charge on any atom is 0.329 e. The molecule has 1 aliphatic rings. The molecule has 1 aliphatic heterocycles. The zero-order valence-corrected chi connectivity index (χ0v) is 16.8. The summed E-state index contributed by atoms with van der Waals surface area (Å²) in [5.74, 6) is -0.641. The Balaban J connectivity index is 2.16. The van der Waals surface area contributed by atoms with E-state index in [1.165, 1.54) is 0 Å². The molecule has 0 saturated carbocycles. The number of nitrogens with one attached hydrogen (secondary N) is 2. The molecule has 2 aromatic rings. The lowest BCUT2D eigenvalue weighted by Gasteiger charge is -2.42. The van der Waals surface area contributed by atoms with Crippen molar-refractivity contribution in [1.82, 2.24) is 5.32 Å². The van der Waals surface area contributed by atoms with Gasteiger partial charge in [0.05, 0.1) is 5.69 Å². The van der Waals surface area contributed by atoms with E-state index in [0.717, 1.165) is 16.9 Å². The molecule has 3 N–H and O–H groups in total. The number of carbonyl (C=O) groups is 2. The van der Waals surface area contributed by atoms with Crippen molar-refractivity contribution in [3.63, 3.8) is 0 Å². The lowest BCUT2D eigenvalue weighted by atomic mass is 9.94. The van der Waals surface area contributed by atoms with Gasteiger partial charge in [-0.05, 0) is 48.7 Å². The molecule has 1 unspecified atom stereocenters. The second kappa shape index (κ2) is 7.70. The molecule has 1 heterocycles. The Bertz CT molecular complexity index is 869. The minimum Gasteiger partial charge on any atom is -0.359 e. The summed E-state index contributed by atoms with van der Waals surface area (Å²) in [6.07, 6.45) is 1.56. The smallest absolute Gasteiger partial charge is 0.329 e. The van der Waals surface area contributed by atoms with Gasteiger partial charge in [0.2, 0.25) is 0 Å². The monoisotopic (exact) mass is 431 g/mol. The van der Waals surface area contributed by atoms with E-state index in [1.807, 2.05) is 26.0 Å². The second-order valence-corrected chi connectivity index (χ2v) is 7.32. The van der Waals surface area contributed by atoms with E-state index >= 15 is 0 Å². The van der Waals surface area contributed by atoms with Gasteiger partial charge >= 0.3 is 6.03 Å². The number of benzene rings is 2. The van der Waals surface area contributed by atoms with Gasteiger partial charge in [-0.25, -0.2) is 4.79 Å². The van der Waals surface area contributed by atoms with Crippen LogP contribution in [0.15, 0.2) is 46.9 Å². The molecule has 6 nitrogen and oxygen atoms in total. The first-order chi connectivity index (χ1) is 12.9. The SMILES string of the molecule is CCCNC(=O)C1(O)c2cc(Br)ccc2NC(=O)N1c1ccc(CC)cc1. The molecule has 27 heavy (non-hydrogen) atoms. The molecule has 3 amide bonds. The number of amides is 3. The van der Waals surface area contributed by atoms with E-state index in [0.29, 0.717) is 34.4 Å². The maximum atomic E-state index is 13.0. The third kappa shape index (κ3) is 3.44. The maximum absolute atomic E-state index is 13.0. The molecule has 142 valence electrons. The van der Waals surface area contributed by atoms with Gasteiger partial charge < -0.3 is 15.7 Å². The number of hydrogen-bond donors (Lipinski definition) is 3. The Morgan fingerprint density at radius 1 is 1.22 bits per heavy atom. The molecule has 1 atom stereocenters. The minimum absolute atomic E-state index is 0.310. The van der Waals surface area contributed by atoms with E-state index in [2.05, 4.69) is 26.6 Å². The van der Waals surface area contributed by atoms with Crippen LogP contribution in [0.25, 0.3) is 0 Å². The molecule has 0 aliphatic carbocycles. The molecule has 0 radical (unpaired) electrons. The second-order valence-electron chi connectivity index (χ2n) is 6.40. The molecule has 2 aromatic carbocycles. The number of hydrogen-bond acceptors (Lipinski definition) is 3. The highest BCUT2D eigenvalue weighted by molar-refractivity contribution is 9.10. The molecule has 0 spiro atoms. The Labute approximate surface area is 166 Å². The summed E-state index contributed by atoms with van der Waals surface area (Å²) < 4.78 is 0.695. The van der Waals surface area contributed by atoms with Crippen LogP contribution in [0.3, 0.4) is 0 Å². The lowest BCUT2D eigenvalue weighted by Crippen LogP contribution is -2.62. The molecular weight excluding hydrogens is 410 g/mol. The molecule has 0 saturated heterocycles. The predicted octanol–water partition coefficient (Wildman–Crippen LogP) is 3.73. The van der Waals surface area contributed by atoms with Crippen molar-refractivity contribution in [1.29, 1.82) is 0 Å². The van der Waals surface area contributed by atoms with Gasteiger partial charge in [0.25, 0.3) is 11.6 Å². The number of aliphatic hydroxyl groups is 1. The molecular formula is C20H22BrN3O3. The van der Waals surface area contributed by atoms with Crippen LogP contribution in [0, 0.1) is 0 Å². The minimum atomic E-state index is -2.16. The van der Waals surface area contributed by atoms with Gasteiger partial charge in [0.15, 0.2) is 0 Å². The quantitative estimate of drug-likeness (QED) is 0.674. The fourth-order valence-corrected chi connectivity index (χ4v) is 3.48. The van der Waals surface area contributed by atoms with Gasteiger partial charge in [-0.1, -0.05) is 41.9 Å². The highest BCUT2D eigenvalue weighted by atomic mass is 79.9. The number of fused-ring (bicyclic) bond motifs is 1. The van der Waals surface area contributed by atoms with Crippen LogP contribution in [0.4, 0.5) is 16.2 Å². The van der Waals surface area contributed by atoms with Crippen LogP contribution in [-0.4, -0.2) is 23.6 Å². The zero-order valence-electron chi connectivity index (χ0n) is 15.3. The summed E-state index contributed by atoms with van der Waals surface area (Å²) in [4.78, 5) is 27.0. The lowest BCUT2D eigenvalue weighted by molar-refractivity contribution is -0.140. The molecule has 7 heteroatoms. The Morgan fingerprint density at radius 3 is 2.56 bits per heavy atom. The Hall–Kier alpha value is -2.38. The van der Waals surface area contributed by atoms with Crippen molar-refractivity contribution in [3.8, 4) is 0 Å². The summed E-state index contributed by atoms with van der Waals surface area (Å²) in [5, 5.41) is 17.1. The number of aryl methyl sites for hydroxylation is 1. The molecule has 3 rings (SSSR count). The third-order valence-corrected chi connectivity index (χ3v) is 5.07. The first-order valence-corrected chi connectivity index (χ1v) is 9.72. The number of nitrogens with zero attached hydrogens (tertiary/aromatic N) is 1. The normalized spacial score (nSPS) is 18.7. The van der Waals surface area contributed by atoms with Crippen molar-refractivity contribution in [2.75, 3.05) is 16.8 Å². The highest BCUT2D eigenvalue weighted by Gasteiger charge is 2.52. The number of urea groups is 1. The third-order valence-electron chi connectivity index (χ3n) is 4.58. The Morgan fingerprint density at radius 2 is 1.93 bits per heavy atom. The largest absolute Gasteiger partial charge is 0.359 e. The number of anilines is 2. The van der Waals surface area contributed by atoms with Crippen LogP contribution in [0.2, 0.25) is 0 Å². The summed E-state index contributed by atoms with van der Waals surface area (Å²) in [5.41, 5.74) is 0.0795. The summed E-state index contributed by atoms with van der Waals surface area (Å²) in [7, 11) is 0. The summed E-state index contributed by atoms with van der Waals surface area (Å²) in [6, 6.07) is 11.7. The topological polar surface area (TPSA) is 81.7 Å². The molecule has 0 aromatic heterocycles. The van der Waals surface area contributed by atoms with Crippen LogP contribution in [0.1, 0.15) is 31.4 Å². The van der Waals surface area contributed by atoms with Crippen molar-refractivity contribution in [2.45, 2.75) is 32.4 Å². The number of rotatable bonds is 5. The van der Waals surface area contributed by atoms with Crippen LogP contribution < -0.4 is 15.5 Å². The van der Waals surface area contributed by atoms with Crippen molar-refractivity contribution in [3.05, 3.63) is 58.1 Å². The number of halogens is 1. The first-order valence-electron chi connectivity index (χ1n) is 8.92. The van der Waals surface area contributed by atoms with Crippen molar-refractivity contribution >= 4 is 39.2 Å². The van der Waals surface area contributed by atoms with Gasteiger partial charge in [0, 0.05) is 22.3 Å². The van der Waals surface area contributed by atoms with Gasteiger partial charge in [-0.3, -0.25) is 9.69 Å². The van der Waals surface area contributed by atoms with Crippen LogP contribution in [-0.2, 0) is 16.9 Å². The number of carbonyl (C=O) groups excluding carboxylic acids is 2. The summed E-state index contributed by atoms with van der Waals surface area (Å²) in [6.45, 7) is 4.35. The van der Waals surface area contributed by atoms with E-state index in [1.54, 1.807) is 30.3 Å². The van der Waals surface area contributed by atoms with Gasteiger partial charge in [0.1, 0.15) is 0 Å².